The lowest BCUT2D eigenvalue weighted by atomic mass is 10.4. The van der Waals surface area contributed by atoms with Crippen LogP contribution >= 0.6 is 23.2 Å². The number of hydrogen-bond acceptors (Lipinski definition) is 3. The molecule has 0 aliphatic carbocycles. The van der Waals surface area contributed by atoms with Crippen molar-refractivity contribution in [3.63, 3.8) is 0 Å². The molecule has 2 rings (SSSR count). The van der Waals surface area contributed by atoms with Gasteiger partial charge in [0, 0.05) is 36.2 Å². The number of rotatable bonds is 3. The molecular formula is C12H16Cl2N2O2S. The third-order valence-electron chi connectivity index (χ3n) is 3.25. The summed E-state index contributed by atoms with van der Waals surface area (Å²) in [5.41, 5.74) is 0. The van der Waals surface area contributed by atoms with Crippen molar-refractivity contribution in [1.82, 2.24) is 9.21 Å². The zero-order valence-corrected chi connectivity index (χ0v) is 13.0. The van der Waals surface area contributed by atoms with Crippen LogP contribution in [0.4, 0.5) is 0 Å². The molecule has 106 valence electrons. The van der Waals surface area contributed by atoms with Crippen LogP contribution in [0.3, 0.4) is 0 Å². The minimum absolute atomic E-state index is 0.162. The van der Waals surface area contributed by atoms with E-state index in [4.69, 9.17) is 23.2 Å². The summed E-state index contributed by atoms with van der Waals surface area (Å²) in [5, 5.41) is 0.663. The van der Waals surface area contributed by atoms with Gasteiger partial charge in [-0.1, -0.05) is 30.1 Å². The van der Waals surface area contributed by atoms with Crippen molar-refractivity contribution in [1.29, 1.82) is 0 Å². The summed E-state index contributed by atoms with van der Waals surface area (Å²) in [5.74, 6) is 0. The highest BCUT2D eigenvalue weighted by Gasteiger charge is 2.28. The van der Waals surface area contributed by atoms with E-state index in [-0.39, 0.29) is 4.90 Å². The van der Waals surface area contributed by atoms with Crippen LogP contribution in [-0.4, -0.2) is 50.3 Å². The SMILES string of the molecule is CCN1CCN(S(=O)(=O)c2cc(Cl)cc(Cl)c2)CC1. The highest BCUT2D eigenvalue weighted by molar-refractivity contribution is 7.89. The first-order valence-corrected chi connectivity index (χ1v) is 8.31. The summed E-state index contributed by atoms with van der Waals surface area (Å²) in [6.07, 6.45) is 0. The zero-order valence-electron chi connectivity index (χ0n) is 10.6. The molecule has 19 heavy (non-hydrogen) atoms. The third-order valence-corrected chi connectivity index (χ3v) is 5.57. The van der Waals surface area contributed by atoms with Gasteiger partial charge in [0.05, 0.1) is 4.90 Å². The van der Waals surface area contributed by atoms with Gasteiger partial charge in [0.1, 0.15) is 0 Å². The maximum Gasteiger partial charge on any atom is 0.243 e. The summed E-state index contributed by atoms with van der Waals surface area (Å²) in [6.45, 7) is 5.52. The first-order valence-electron chi connectivity index (χ1n) is 6.12. The number of hydrogen-bond donors (Lipinski definition) is 0. The molecular weight excluding hydrogens is 307 g/mol. The summed E-state index contributed by atoms with van der Waals surface area (Å²) < 4.78 is 26.4. The quantitative estimate of drug-likeness (QED) is 0.857. The smallest absolute Gasteiger partial charge is 0.243 e. The summed E-state index contributed by atoms with van der Waals surface area (Å²) in [6, 6.07) is 4.40. The van der Waals surface area contributed by atoms with Crippen LogP contribution in [0, 0.1) is 0 Å². The maximum atomic E-state index is 12.5. The Bertz CT molecular complexity index is 535. The van der Waals surface area contributed by atoms with Crippen LogP contribution in [0.15, 0.2) is 23.1 Å². The molecule has 4 nitrogen and oxygen atoms in total. The lowest BCUT2D eigenvalue weighted by Crippen LogP contribution is -2.48. The Hall–Kier alpha value is -0.330. The van der Waals surface area contributed by atoms with Crippen LogP contribution < -0.4 is 0 Å². The molecule has 1 aliphatic heterocycles. The normalized spacial score (nSPS) is 18.7. The van der Waals surface area contributed by atoms with Crippen LogP contribution in [0.1, 0.15) is 6.92 Å². The Balaban J connectivity index is 2.23. The van der Waals surface area contributed by atoms with Gasteiger partial charge in [0.25, 0.3) is 0 Å². The second kappa shape index (κ2) is 5.97. The van der Waals surface area contributed by atoms with E-state index in [0.717, 1.165) is 19.6 Å². The van der Waals surface area contributed by atoms with Crippen molar-refractivity contribution in [3.8, 4) is 0 Å². The fourth-order valence-corrected chi connectivity index (χ4v) is 4.26. The number of likely N-dealkylation sites (N-methyl/N-ethyl adjacent to an activating group) is 1. The van der Waals surface area contributed by atoms with E-state index >= 15 is 0 Å². The van der Waals surface area contributed by atoms with Crippen LogP contribution in [0.25, 0.3) is 0 Å². The number of benzene rings is 1. The Morgan fingerprint density at radius 3 is 2.05 bits per heavy atom. The van der Waals surface area contributed by atoms with Crippen LogP contribution in [0.5, 0.6) is 0 Å². The lowest BCUT2D eigenvalue weighted by Gasteiger charge is -2.33. The van der Waals surface area contributed by atoms with E-state index in [0.29, 0.717) is 23.1 Å². The molecule has 1 heterocycles. The monoisotopic (exact) mass is 322 g/mol. The van der Waals surface area contributed by atoms with Gasteiger partial charge >= 0.3 is 0 Å². The van der Waals surface area contributed by atoms with Gasteiger partial charge in [-0.05, 0) is 24.7 Å². The Kier molecular flexibility index (Phi) is 4.74. The van der Waals surface area contributed by atoms with Gasteiger partial charge in [-0.25, -0.2) is 8.42 Å². The summed E-state index contributed by atoms with van der Waals surface area (Å²) in [7, 11) is -3.50. The predicted molar refractivity (Wildman–Crippen MR) is 77.3 cm³/mol. The van der Waals surface area contributed by atoms with Gasteiger partial charge in [0.15, 0.2) is 0 Å². The van der Waals surface area contributed by atoms with E-state index in [2.05, 4.69) is 11.8 Å². The minimum Gasteiger partial charge on any atom is -0.301 e. The molecule has 1 aliphatic rings. The molecule has 1 aromatic carbocycles. The molecule has 0 N–H and O–H groups in total. The Labute approximate surface area is 124 Å². The highest BCUT2D eigenvalue weighted by atomic mass is 35.5. The zero-order chi connectivity index (χ0) is 14.0. The van der Waals surface area contributed by atoms with Gasteiger partial charge in [-0.2, -0.15) is 4.31 Å². The van der Waals surface area contributed by atoms with Crippen LogP contribution in [-0.2, 0) is 10.0 Å². The summed E-state index contributed by atoms with van der Waals surface area (Å²) in [4.78, 5) is 2.38. The third kappa shape index (κ3) is 3.41. The molecule has 1 aromatic rings. The number of nitrogens with zero attached hydrogens (tertiary/aromatic N) is 2. The first kappa shape index (κ1) is 15.1. The maximum absolute atomic E-state index is 12.5. The minimum atomic E-state index is -3.50. The molecule has 0 unspecified atom stereocenters. The van der Waals surface area contributed by atoms with Crippen molar-refractivity contribution in [2.75, 3.05) is 32.7 Å². The van der Waals surface area contributed by atoms with Gasteiger partial charge in [-0.15, -0.1) is 0 Å². The average Bonchev–Trinajstić information content (AvgIpc) is 2.37. The molecule has 0 bridgehead atoms. The van der Waals surface area contributed by atoms with E-state index in [1.54, 1.807) is 0 Å². The Morgan fingerprint density at radius 1 is 1.05 bits per heavy atom. The number of piperazine rings is 1. The number of sulfonamides is 1. The Morgan fingerprint density at radius 2 is 1.58 bits per heavy atom. The van der Waals surface area contributed by atoms with Crippen molar-refractivity contribution < 1.29 is 8.42 Å². The molecule has 0 spiro atoms. The fraction of sp³-hybridized carbons (Fsp3) is 0.500. The van der Waals surface area contributed by atoms with Gasteiger partial charge in [0.2, 0.25) is 10.0 Å². The molecule has 0 aromatic heterocycles. The van der Waals surface area contributed by atoms with Crippen molar-refractivity contribution >= 4 is 33.2 Å². The second-order valence-corrected chi connectivity index (χ2v) is 7.25. The second-order valence-electron chi connectivity index (χ2n) is 4.44. The topological polar surface area (TPSA) is 40.6 Å². The molecule has 1 saturated heterocycles. The van der Waals surface area contributed by atoms with Gasteiger partial charge < -0.3 is 4.90 Å². The average molecular weight is 323 g/mol. The molecule has 0 amide bonds. The van der Waals surface area contributed by atoms with E-state index in [1.165, 1.54) is 22.5 Å². The van der Waals surface area contributed by atoms with Gasteiger partial charge in [-0.3, -0.25) is 0 Å². The standard InChI is InChI=1S/C12H16Cl2N2O2S/c1-2-15-3-5-16(6-4-15)19(17,18)12-8-10(13)7-11(14)9-12/h7-9H,2-6H2,1H3. The largest absolute Gasteiger partial charge is 0.301 e. The lowest BCUT2D eigenvalue weighted by molar-refractivity contribution is 0.196. The van der Waals surface area contributed by atoms with Crippen molar-refractivity contribution in [2.24, 2.45) is 0 Å². The van der Waals surface area contributed by atoms with E-state index in [1.807, 2.05) is 0 Å². The molecule has 0 saturated carbocycles. The highest BCUT2D eigenvalue weighted by Crippen LogP contribution is 2.25. The molecule has 0 radical (unpaired) electrons. The molecule has 1 fully saturated rings. The predicted octanol–water partition coefficient (Wildman–Crippen LogP) is 2.32. The van der Waals surface area contributed by atoms with Crippen LogP contribution in [0.2, 0.25) is 10.0 Å². The van der Waals surface area contributed by atoms with Crippen molar-refractivity contribution in [3.05, 3.63) is 28.2 Å². The van der Waals surface area contributed by atoms with Crippen molar-refractivity contribution in [2.45, 2.75) is 11.8 Å². The number of halogens is 2. The molecule has 7 heteroatoms. The summed E-state index contributed by atoms with van der Waals surface area (Å²) >= 11 is 11.7. The van der Waals surface area contributed by atoms with E-state index < -0.39 is 10.0 Å². The van der Waals surface area contributed by atoms with E-state index in [9.17, 15) is 8.42 Å². The first-order chi connectivity index (χ1) is 8.93. The molecule has 0 atom stereocenters. The fourth-order valence-electron chi connectivity index (χ4n) is 2.11.